The summed E-state index contributed by atoms with van der Waals surface area (Å²) in [6.07, 6.45) is 1.40. The van der Waals surface area contributed by atoms with E-state index in [0.717, 1.165) is 16.1 Å². The second kappa shape index (κ2) is 13.7. The molecule has 0 radical (unpaired) electrons. The number of methoxy groups -OCH3 is 1. The lowest BCUT2D eigenvalue weighted by molar-refractivity contribution is -0.140. The predicted molar refractivity (Wildman–Crippen MR) is 151 cm³/mol. The molecule has 0 bridgehead atoms. The molecule has 3 aromatic rings. The van der Waals surface area contributed by atoms with Crippen molar-refractivity contribution in [3.05, 3.63) is 84.4 Å². The van der Waals surface area contributed by atoms with Crippen molar-refractivity contribution in [2.45, 2.75) is 32.9 Å². The Balaban J connectivity index is 1.89. The molecule has 9 nitrogen and oxygen atoms in total. The zero-order valence-electron chi connectivity index (χ0n) is 22.7. The normalized spacial score (nSPS) is 11.8. The maximum Gasteiger partial charge on any atom is 0.244 e. The SMILES string of the molecule is CCNC(=O)[C@@H](CC)N(Cc1cccc(OC)c1)C(=O)CN(c1ccc(Oc2ccccc2)cc1)S(C)(=O)=O. The summed E-state index contributed by atoms with van der Waals surface area (Å²) in [5.74, 6) is 0.966. The lowest BCUT2D eigenvalue weighted by Crippen LogP contribution is -2.52. The lowest BCUT2D eigenvalue weighted by Gasteiger charge is -2.32. The number of nitrogens with one attached hydrogen (secondary N) is 1. The Hall–Kier alpha value is -4.05. The summed E-state index contributed by atoms with van der Waals surface area (Å²) in [5.41, 5.74) is 1.05. The zero-order chi connectivity index (χ0) is 28.4. The van der Waals surface area contributed by atoms with Crippen LogP contribution in [0.15, 0.2) is 78.9 Å². The van der Waals surface area contributed by atoms with Crippen LogP contribution in [0.3, 0.4) is 0 Å². The van der Waals surface area contributed by atoms with Crippen molar-refractivity contribution in [1.29, 1.82) is 0 Å². The molecular weight excluding hydrogens is 518 g/mol. The van der Waals surface area contributed by atoms with Crippen LogP contribution in [0, 0.1) is 0 Å². The van der Waals surface area contributed by atoms with Crippen molar-refractivity contribution in [1.82, 2.24) is 10.2 Å². The number of hydrogen-bond donors (Lipinski definition) is 1. The quantitative estimate of drug-likeness (QED) is 0.340. The zero-order valence-corrected chi connectivity index (χ0v) is 23.5. The Morgan fingerprint density at radius 3 is 2.13 bits per heavy atom. The molecule has 208 valence electrons. The second-order valence-electron chi connectivity index (χ2n) is 8.87. The number of para-hydroxylation sites is 1. The summed E-state index contributed by atoms with van der Waals surface area (Å²) in [7, 11) is -2.29. The average molecular weight is 554 g/mol. The van der Waals surface area contributed by atoms with E-state index in [1.165, 1.54) is 4.90 Å². The number of carbonyl (C=O) groups excluding carboxylic acids is 2. The summed E-state index contributed by atoms with van der Waals surface area (Å²) >= 11 is 0. The minimum Gasteiger partial charge on any atom is -0.497 e. The first-order valence-electron chi connectivity index (χ1n) is 12.7. The van der Waals surface area contributed by atoms with Gasteiger partial charge in [-0.3, -0.25) is 13.9 Å². The molecule has 39 heavy (non-hydrogen) atoms. The first kappa shape index (κ1) is 29.5. The minimum atomic E-state index is -3.84. The molecule has 0 saturated heterocycles. The Kier molecular flexibility index (Phi) is 10.3. The molecule has 0 aliphatic carbocycles. The van der Waals surface area contributed by atoms with Gasteiger partial charge in [-0.25, -0.2) is 8.42 Å². The summed E-state index contributed by atoms with van der Waals surface area (Å²) in [4.78, 5) is 28.1. The topological polar surface area (TPSA) is 105 Å². The first-order valence-corrected chi connectivity index (χ1v) is 14.5. The van der Waals surface area contributed by atoms with E-state index in [1.54, 1.807) is 56.5 Å². The van der Waals surface area contributed by atoms with E-state index < -0.39 is 28.5 Å². The number of benzene rings is 3. The third-order valence-electron chi connectivity index (χ3n) is 6.01. The number of nitrogens with zero attached hydrogens (tertiary/aromatic N) is 2. The highest BCUT2D eigenvalue weighted by Crippen LogP contribution is 2.26. The average Bonchev–Trinajstić information content (AvgIpc) is 2.92. The molecule has 0 aliphatic heterocycles. The fourth-order valence-electron chi connectivity index (χ4n) is 4.10. The molecule has 0 fully saturated rings. The maximum absolute atomic E-state index is 13.7. The number of sulfonamides is 1. The molecule has 0 heterocycles. The number of amides is 2. The van der Waals surface area contributed by atoms with Crippen LogP contribution in [0.25, 0.3) is 0 Å². The van der Waals surface area contributed by atoms with Crippen molar-refractivity contribution in [3.63, 3.8) is 0 Å². The van der Waals surface area contributed by atoms with Crippen LogP contribution >= 0.6 is 0 Å². The molecule has 0 saturated carbocycles. The lowest BCUT2D eigenvalue weighted by atomic mass is 10.1. The van der Waals surface area contributed by atoms with Gasteiger partial charge in [-0.2, -0.15) is 0 Å². The molecular formula is C29H35N3O6S. The molecule has 2 amide bonds. The minimum absolute atomic E-state index is 0.104. The summed E-state index contributed by atoms with van der Waals surface area (Å²) in [5, 5.41) is 2.78. The van der Waals surface area contributed by atoms with Crippen LogP contribution in [-0.4, -0.2) is 57.6 Å². The van der Waals surface area contributed by atoms with Gasteiger partial charge >= 0.3 is 0 Å². The Morgan fingerprint density at radius 1 is 0.897 bits per heavy atom. The number of ether oxygens (including phenoxy) is 2. The molecule has 1 atom stereocenters. The van der Waals surface area contributed by atoms with E-state index in [4.69, 9.17) is 9.47 Å². The van der Waals surface area contributed by atoms with E-state index in [-0.39, 0.29) is 12.5 Å². The van der Waals surface area contributed by atoms with Crippen LogP contribution in [0.5, 0.6) is 17.2 Å². The molecule has 3 aromatic carbocycles. The fraction of sp³-hybridized carbons (Fsp3) is 0.310. The van der Waals surface area contributed by atoms with Crippen LogP contribution < -0.4 is 19.1 Å². The largest absolute Gasteiger partial charge is 0.497 e. The fourth-order valence-corrected chi connectivity index (χ4v) is 4.95. The van der Waals surface area contributed by atoms with Crippen LogP contribution in [0.1, 0.15) is 25.8 Å². The molecule has 0 aromatic heterocycles. The monoisotopic (exact) mass is 553 g/mol. The molecule has 0 spiro atoms. The first-order chi connectivity index (χ1) is 18.7. The van der Waals surface area contributed by atoms with Crippen molar-refractivity contribution >= 4 is 27.5 Å². The van der Waals surface area contributed by atoms with Gasteiger partial charge in [0.2, 0.25) is 21.8 Å². The standard InChI is InChI=1S/C29H35N3O6S/c1-5-27(29(34)30-6-2)31(20-22-11-10-14-26(19-22)37-3)28(33)21-32(39(4,35)36)23-15-17-25(18-16-23)38-24-12-8-7-9-13-24/h7-19,27H,5-6,20-21H2,1-4H3,(H,30,34)/t27-/m1/s1. The van der Waals surface area contributed by atoms with E-state index in [2.05, 4.69) is 5.32 Å². The van der Waals surface area contributed by atoms with Gasteiger partial charge in [-0.05, 0) is 67.4 Å². The van der Waals surface area contributed by atoms with Gasteiger partial charge in [-0.15, -0.1) is 0 Å². The maximum atomic E-state index is 13.7. The summed E-state index contributed by atoms with van der Waals surface area (Å²) in [6, 6.07) is 22.1. The Bertz CT molecular complexity index is 1350. The van der Waals surface area contributed by atoms with Gasteiger partial charge in [0.25, 0.3) is 0 Å². The van der Waals surface area contributed by atoms with Gasteiger partial charge in [0.1, 0.15) is 29.8 Å². The van der Waals surface area contributed by atoms with E-state index in [0.29, 0.717) is 35.9 Å². The molecule has 1 N–H and O–H groups in total. The van der Waals surface area contributed by atoms with Crippen LogP contribution in [-0.2, 0) is 26.2 Å². The Labute approximate surface area is 230 Å². The third kappa shape index (κ3) is 8.22. The van der Waals surface area contributed by atoms with Gasteiger partial charge in [0, 0.05) is 13.1 Å². The van der Waals surface area contributed by atoms with Gasteiger partial charge in [0.05, 0.1) is 19.1 Å². The van der Waals surface area contributed by atoms with Crippen molar-refractivity contribution in [2.75, 3.05) is 30.8 Å². The van der Waals surface area contributed by atoms with E-state index in [9.17, 15) is 18.0 Å². The number of likely N-dealkylation sites (N-methyl/N-ethyl adjacent to an activating group) is 1. The second-order valence-corrected chi connectivity index (χ2v) is 10.8. The predicted octanol–water partition coefficient (Wildman–Crippen LogP) is 4.20. The number of anilines is 1. The van der Waals surface area contributed by atoms with Crippen molar-refractivity contribution in [2.24, 2.45) is 0 Å². The highest BCUT2D eigenvalue weighted by Gasteiger charge is 2.31. The van der Waals surface area contributed by atoms with Gasteiger partial charge in [0.15, 0.2) is 0 Å². The number of rotatable bonds is 13. The van der Waals surface area contributed by atoms with Gasteiger partial charge in [-0.1, -0.05) is 37.3 Å². The van der Waals surface area contributed by atoms with Crippen LogP contribution in [0.2, 0.25) is 0 Å². The summed E-state index contributed by atoms with van der Waals surface area (Å²) < 4.78 is 37.8. The van der Waals surface area contributed by atoms with Crippen LogP contribution in [0.4, 0.5) is 5.69 Å². The number of carbonyl (C=O) groups is 2. The smallest absolute Gasteiger partial charge is 0.244 e. The highest BCUT2D eigenvalue weighted by molar-refractivity contribution is 7.92. The number of hydrogen-bond acceptors (Lipinski definition) is 6. The van der Waals surface area contributed by atoms with Crippen molar-refractivity contribution < 1.29 is 27.5 Å². The third-order valence-corrected chi connectivity index (χ3v) is 7.15. The summed E-state index contributed by atoms with van der Waals surface area (Å²) in [6.45, 7) is 3.65. The molecule has 0 unspecified atom stereocenters. The molecule has 3 rings (SSSR count). The van der Waals surface area contributed by atoms with Crippen molar-refractivity contribution in [3.8, 4) is 17.2 Å². The molecule has 0 aliphatic rings. The van der Waals surface area contributed by atoms with E-state index >= 15 is 0 Å². The molecule has 10 heteroatoms. The highest BCUT2D eigenvalue weighted by atomic mass is 32.2. The van der Waals surface area contributed by atoms with E-state index in [1.807, 2.05) is 43.3 Å². The van der Waals surface area contributed by atoms with Gasteiger partial charge < -0.3 is 19.7 Å². The Morgan fingerprint density at radius 2 is 1.54 bits per heavy atom.